The first kappa shape index (κ1) is 36.2. The van der Waals surface area contributed by atoms with Crippen LogP contribution in [0.1, 0.15) is 113 Å². The Kier molecular flexibility index (Phi) is 15.1. The number of carbonyl (C=O) groups is 2. The van der Waals surface area contributed by atoms with Gasteiger partial charge in [-0.15, -0.1) is 0 Å². The van der Waals surface area contributed by atoms with Crippen LogP contribution in [-0.4, -0.2) is 24.5 Å². The van der Waals surface area contributed by atoms with Gasteiger partial charge < -0.3 is 18.9 Å². The van der Waals surface area contributed by atoms with Crippen LogP contribution in [0.25, 0.3) is 0 Å². The minimum Gasteiger partial charge on any atom is -0.455 e. The summed E-state index contributed by atoms with van der Waals surface area (Å²) in [6, 6.07) is 24.7. The van der Waals surface area contributed by atoms with Gasteiger partial charge >= 0.3 is 11.9 Å². The smallest absolute Gasteiger partial charge is 0.333 e. The molecule has 0 aliphatic carbocycles. The van der Waals surface area contributed by atoms with Gasteiger partial charge in [-0.05, 0) is 59.4 Å². The molecule has 0 amide bonds. The summed E-state index contributed by atoms with van der Waals surface area (Å²) in [4.78, 5) is 23.5. The molecule has 3 aromatic carbocycles. The van der Waals surface area contributed by atoms with E-state index < -0.39 is 24.5 Å². The van der Waals surface area contributed by atoms with Crippen LogP contribution in [0.3, 0.4) is 0 Å². The third kappa shape index (κ3) is 11.6. The molecule has 6 heteroatoms. The maximum atomic E-state index is 11.8. The lowest BCUT2D eigenvalue weighted by atomic mass is 9.89. The van der Waals surface area contributed by atoms with E-state index in [4.69, 9.17) is 18.9 Å². The van der Waals surface area contributed by atoms with Gasteiger partial charge in [-0.2, -0.15) is 0 Å². The van der Waals surface area contributed by atoms with Gasteiger partial charge in [-0.1, -0.05) is 115 Å². The summed E-state index contributed by atoms with van der Waals surface area (Å²) < 4.78 is 22.8. The Hall–Kier alpha value is -4.32. The van der Waals surface area contributed by atoms with Crippen molar-refractivity contribution in [3.05, 3.63) is 120 Å². The van der Waals surface area contributed by atoms with Crippen LogP contribution >= 0.6 is 0 Å². The molecule has 3 aromatic rings. The second kappa shape index (κ2) is 19.3. The van der Waals surface area contributed by atoms with E-state index in [0.717, 1.165) is 50.7 Å². The van der Waals surface area contributed by atoms with E-state index in [2.05, 4.69) is 89.4 Å². The Bertz CT molecular complexity index is 1250. The van der Waals surface area contributed by atoms with Crippen LogP contribution in [0.4, 0.5) is 0 Å². The molecule has 4 atom stereocenters. The number of carbonyl (C=O) groups excluding carboxylic acids is 2. The maximum absolute atomic E-state index is 11.8. The van der Waals surface area contributed by atoms with Gasteiger partial charge in [0.25, 0.3) is 0 Å². The Morgan fingerprint density at radius 1 is 0.565 bits per heavy atom. The highest BCUT2D eigenvalue weighted by molar-refractivity contribution is 5.81. The van der Waals surface area contributed by atoms with Crippen LogP contribution in [0.15, 0.2) is 98.1 Å². The number of unbranched alkanes of at least 4 members (excludes halogenated alkanes) is 4. The van der Waals surface area contributed by atoms with Gasteiger partial charge in [0.2, 0.25) is 12.6 Å². The molecule has 0 fully saturated rings. The average Bonchev–Trinajstić information content (AvgIpc) is 3.08. The van der Waals surface area contributed by atoms with E-state index in [1.54, 1.807) is 0 Å². The SMILES string of the molecule is C=CC(=O)OC(CCCCC)Oc1ccc(C(C)c2ccc(C(C)c3ccc(OC(CCCCC)OC(=O)C=C)cc3)cc2)cc1. The van der Waals surface area contributed by atoms with Crippen molar-refractivity contribution in [3.63, 3.8) is 0 Å². The molecular weight excluding hydrogens is 576 g/mol. The van der Waals surface area contributed by atoms with Crippen molar-refractivity contribution < 1.29 is 28.5 Å². The van der Waals surface area contributed by atoms with Gasteiger partial charge in [-0.25, -0.2) is 9.59 Å². The molecule has 3 rings (SSSR count). The molecule has 0 heterocycles. The third-order valence-corrected chi connectivity index (χ3v) is 8.15. The molecule has 0 aromatic heterocycles. The zero-order chi connectivity index (χ0) is 33.3. The zero-order valence-electron chi connectivity index (χ0n) is 27.9. The van der Waals surface area contributed by atoms with Gasteiger partial charge in [0.1, 0.15) is 11.5 Å². The highest BCUT2D eigenvalue weighted by atomic mass is 16.7. The fourth-order valence-corrected chi connectivity index (χ4v) is 5.19. The largest absolute Gasteiger partial charge is 0.455 e. The molecule has 0 radical (unpaired) electrons. The first-order valence-electron chi connectivity index (χ1n) is 16.6. The second-order valence-electron chi connectivity index (χ2n) is 11.6. The summed E-state index contributed by atoms with van der Waals surface area (Å²) >= 11 is 0. The highest BCUT2D eigenvalue weighted by Gasteiger charge is 2.17. The summed E-state index contributed by atoms with van der Waals surface area (Å²) in [5, 5.41) is 0. The van der Waals surface area contributed by atoms with E-state index in [-0.39, 0.29) is 11.8 Å². The first-order chi connectivity index (χ1) is 22.3. The van der Waals surface area contributed by atoms with Crippen LogP contribution < -0.4 is 9.47 Å². The molecule has 246 valence electrons. The van der Waals surface area contributed by atoms with Crippen LogP contribution in [-0.2, 0) is 19.1 Å². The molecule has 0 N–H and O–H groups in total. The topological polar surface area (TPSA) is 71.1 Å². The number of hydrogen-bond acceptors (Lipinski definition) is 6. The molecule has 0 bridgehead atoms. The van der Waals surface area contributed by atoms with Gasteiger partial charge in [0.05, 0.1) is 0 Å². The number of rotatable bonds is 20. The molecule has 0 aliphatic heterocycles. The summed E-state index contributed by atoms with van der Waals surface area (Å²) in [6.07, 6.45) is 8.45. The molecule has 0 spiro atoms. The molecule has 0 aliphatic rings. The lowest BCUT2D eigenvalue weighted by Gasteiger charge is -2.20. The lowest BCUT2D eigenvalue weighted by molar-refractivity contribution is -0.159. The monoisotopic (exact) mass is 626 g/mol. The Labute approximate surface area is 275 Å². The fourth-order valence-electron chi connectivity index (χ4n) is 5.19. The minimum absolute atomic E-state index is 0.189. The lowest BCUT2D eigenvalue weighted by Crippen LogP contribution is -2.23. The van der Waals surface area contributed by atoms with Gasteiger partial charge in [-0.3, -0.25) is 0 Å². The molecule has 6 nitrogen and oxygen atoms in total. The highest BCUT2D eigenvalue weighted by Crippen LogP contribution is 2.31. The van der Waals surface area contributed by atoms with Gasteiger partial charge in [0.15, 0.2) is 0 Å². The second-order valence-corrected chi connectivity index (χ2v) is 11.6. The third-order valence-electron chi connectivity index (χ3n) is 8.15. The first-order valence-corrected chi connectivity index (χ1v) is 16.6. The number of benzene rings is 3. The van der Waals surface area contributed by atoms with E-state index in [0.29, 0.717) is 24.3 Å². The van der Waals surface area contributed by atoms with Crippen LogP contribution in [0.2, 0.25) is 0 Å². The minimum atomic E-state index is -0.631. The van der Waals surface area contributed by atoms with E-state index >= 15 is 0 Å². The van der Waals surface area contributed by atoms with E-state index in [1.807, 2.05) is 24.3 Å². The predicted molar refractivity (Wildman–Crippen MR) is 184 cm³/mol. The van der Waals surface area contributed by atoms with Crippen molar-refractivity contribution in [3.8, 4) is 11.5 Å². The molecule has 0 saturated heterocycles. The van der Waals surface area contributed by atoms with Gasteiger partial charge in [0, 0.05) is 36.8 Å². The number of hydrogen-bond donors (Lipinski definition) is 0. The molecular formula is C40H50O6. The van der Waals surface area contributed by atoms with Crippen molar-refractivity contribution in [2.24, 2.45) is 0 Å². The van der Waals surface area contributed by atoms with Crippen LogP contribution in [0, 0.1) is 0 Å². The Morgan fingerprint density at radius 2 is 0.870 bits per heavy atom. The van der Waals surface area contributed by atoms with Crippen molar-refractivity contribution in [1.82, 2.24) is 0 Å². The number of esters is 2. The van der Waals surface area contributed by atoms with E-state index in [9.17, 15) is 9.59 Å². The Morgan fingerprint density at radius 3 is 1.15 bits per heavy atom. The summed E-state index contributed by atoms with van der Waals surface area (Å²) in [7, 11) is 0. The molecule has 46 heavy (non-hydrogen) atoms. The molecule has 4 unspecified atom stereocenters. The van der Waals surface area contributed by atoms with Crippen LogP contribution in [0.5, 0.6) is 11.5 Å². The zero-order valence-corrected chi connectivity index (χ0v) is 27.9. The summed E-state index contributed by atoms with van der Waals surface area (Å²) in [5.74, 6) is 0.749. The normalized spacial score (nSPS) is 13.5. The van der Waals surface area contributed by atoms with Crippen molar-refractivity contribution in [1.29, 1.82) is 0 Å². The predicted octanol–water partition coefficient (Wildman–Crippen LogP) is 10.0. The van der Waals surface area contributed by atoms with E-state index in [1.165, 1.54) is 22.3 Å². The Balaban J connectivity index is 1.61. The fraction of sp³-hybridized carbons (Fsp3) is 0.400. The maximum Gasteiger partial charge on any atom is 0.333 e. The quantitative estimate of drug-likeness (QED) is 0.0538. The van der Waals surface area contributed by atoms with Crippen molar-refractivity contribution in [2.45, 2.75) is 103 Å². The standard InChI is InChI=1S/C40H50O6/c1-7-11-13-15-39(45-37(41)9-3)43-35-25-21-33(22-26-35)29(5)31-17-19-32(20-18-31)30(6)34-23-27-36(28-24-34)44-40(16-14-12-8-2)46-38(42)10-4/h9-10,17-30,39-40H,3-4,7-8,11-16H2,1-2,5-6H3. The van der Waals surface area contributed by atoms with Crippen molar-refractivity contribution in [2.75, 3.05) is 0 Å². The number of ether oxygens (including phenoxy) is 4. The summed E-state index contributed by atoms with van der Waals surface area (Å²) in [6.45, 7) is 15.6. The van der Waals surface area contributed by atoms with Crippen molar-refractivity contribution >= 4 is 11.9 Å². The summed E-state index contributed by atoms with van der Waals surface area (Å²) in [5.41, 5.74) is 4.77. The molecule has 0 saturated carbocycles. The average molecular weight is 627 g/mol.